The van der Waals surface area contributed by atoms with Crippen LogP contribution in [0.15, 0.2) is 30.3 Å². The summed E-state index contributed by atoms with van der Waals surface area (Å²) in [6, 6.07) is 8.37. The predicted octanol–water partition coefficient (Wildman–Crippen LogP) is 1.88. The summed E-state index contributed by atoms with van der Waals surface area (Å²) >= 11 is 0. The monoisotopic (exact) mass is 295 g/mol. The molecule has 0 aliphatic carbocycles. The first kappa shape index (κ1) is 17.0. The van der Waals surface area contributed by atoms with Gasteiger partial charge in [-0.3, -0.25) is 0 Å². The lowest BCUT2D eigenvalue weighted by Crippen LogP contribution is -2.45. The average Bonchev–Trinajstić information content (AvgIpc) is 2.49. The summed E-state index contributed by atoms with van der Waals surface area (Å²) in [6.45, 7) is 3.83. The molecule has 0 saturated heterocycles. The zero-order valence-corrected chi connectivity index (χ0v) is 12.5. The number of amides is 1. The summed E-state index contributed by atoms with van der Waals surface area (Å²) in [5.41, 5.74) is 0.862. The van der Waals surface area contributed by atoms with Crippen LogP contribution in [0.2, 0.25) is 0 Å². The van der Waals surface area contributed by atoms with Crippen LogP contribution in [0.3, 0.4) is 0 Å². The average molecular weight is 295 g/mol. The smallest absolute Gasteiger partial charge is 0.408 e. The Balaban J connectivity index is 2.45. The Labute approximate surface area is 124 Å². The lowest BCUT2D eigenvalue weighted by molar-refractivity contribution is -0.145. The van der Waals surface area contributed by atoms with Crippen molar-refractivity contribution < 1.29 is 23.8 Å². The van der Waals surface area contributed by atoms with E-state index < -0.39 is 18.1 Å². The maximum atomic E-state index is 11.7. The third-order valence-electron chi connectivity index (χ3n) is 2.59. The van der Waals surface area contributed by atoms with Gasteiger partial charge in [0.2, 0.25) is 0 Å². The lowest BCUT2D eigenvalue weighted by atomic mass is 10.2. The molecule has 0 fully saturated rings. The van der Waals surface area contributed by atoms with Crippen molar-refractivity contribution in [3.05, 3.63) is 35.9 Å². The number of carbonyl (C=O) groups excluding carboxylic acids is 2. The number of rotatable bonds is 7. The van der Waals surface area contributed by atoms with Crippen LogP contribution in [0.25, 0.3) is 0 Å². The predicted molar refractivity (Wildman–Crippen MR) is 76.7 cm³/mol. The molecule has 0 aromatic heterocycles. The van der Waals surface area contributed by atoms with E-state index in [-0.39, 0.29) is 19.3 Å². The zero-order valence-electron chi connectivity index (χ0n) is 12.5. The molecule has 1 N–H and O–H groups in total. The van der Waals surface area contributed by atoms with Crippen molar-refractivity contribution in [2.24, 2.45) is 0 Å². The molecule has 1 atom stereocenters. The van der Waals surface area contributed by atoms with E-state index in [1.54, 1.807) is 0 Å². The summed E-state index contributed by atoms with van der Waals surface area (Å²) in [6.07, 6.45) is -0.749. The number of esters is 1. The van der Waals surface area contributed by atoms with Gasteiger partial charge in [-0.05, 0) is 19.4 Å². The molecule has 0 radical (unpaired) electrons. The van der Waals surface area contributed by atoms with E-state index in [1.165, 1.54) is 7.11 Å². The summed E-state index contributed by atoms with van der Waals surface area (Å²) in [7, 11) is 1.25. The first-order valence-electron chi connectivity index (χ1n) is 6.69. The van der Waals surface area contributed by atoms with E-state index >= 15 is 0 Å². The summed E-state index contributed by atoms with van der Waals surface area (Å²) in [5.74, 6) is -0.577. The van der Waals surface area contributed by atoms with E-state index in [2.05, 4.69) is 10.1 Å². The highest BCUT2D eigenvalue weighted by atomic mass is 16.6. The second-order valence-electron chi connectivity index (χ2n) is 4.66. The SMILES string of the molecule is COC(=O)[C@@H](COC(C)C)NC(=O)OCc1ccccc1. The number of hydrogen-bond donors (Lipinski definition) is 1. The molecule has 116 valence electrons. The van der Waals surface area contributed by atoms with Crippen LogP contribution in [0.5, 0.6) is 0 Å². The van der Waals surface area contributed by atoms with Crippen molar-refractivity contribution in [2.45, 2.75) is 32.6 Å². The van der Waals surface area contributed by atoms with Gasteiger partial charge in [0.25, 0.3) is 0 Å². The van der Waals surface area contributed by atoms with Crippen LogP contribution in [-0.2, 0) is 25.6 Å². The fourth-order valence-electron chi connectivity index (χ4n) is 1.51. The largest absolute Gasteiger partial charge is 0.467 e. The van der Waals surface area contributed by atoms with Crippen LogP contribution in [0.1, 0.15) is 19.4 Å². The molecule has 1 amide bonds. The maximum Gasteiger partial charge on any atom is 0.408 e. The molecule has 0 spiro atoms. The Morgan fingerprint density at radius 2 is 1.86 bits per heavy atom. The van der Waals surface area contributed by atoms with Crippen molar-refractivity contribution in [3.8, 4) is 0 Å². The van der Waals surface area contributed by atoms with Gasteiger partial charge >= 0.3 is 12.1 Å². The molecule has 6 heteroatoms. The summed E-state index contributed by atoms with van der Waals surface area (Å²) < 4.78 is 15.0. The number of carbonyl (C=O) groups is 2. The minimum absolute atomic E-state index is 0.0325. The topological polar surface area (TPSA) is 73.9 Å². The van der Waals surface area contributed by atoms with E-state index in [0.717, 1.165) is 5.56 Å². The van der Waals surface area contributed by atoms with Gasteiger partial charge in [-0.25, -0.2) is 9.59 Å². The van der Waals surface area contributed by atoms with Crippen LogP contribution >= 0.6 is 0 Å². The molecular weight excluding hydrogens is 274 g/mol. The molecule has 21 heavy (non-hydrogen) atoms. The molecule has 1 rings (SSSR count). The van der Waals surface area contributed by atoms with Crippen molar-refractivity contribution >= 4 is 12.1 Å². The number of ether oxygens (including phenoxy) is 3. The van der Waals surface area contributed by atoms with Crippen molar-refractivity contribution in [3.63, 3.8) is 0 Å². The van der Waals surface area contributed by atoms with Crippen LogP contribution in [-0.4, -0.2) is 37.9 Å². The number of methoxy groups -OCH3 is 1. The van der Waals surface area contributed by atoms with Crippen molar-refractivity contribution in [1.82, 2.24) is 5.32 Å². The third kappa shape index (κ3) is 6.76. The molecule has 6 nitrogen and oxygen atoms in total. The van der Waals surface area contributed by atoms with Crippen LogP contribution in [0, 0.1) is 0 Å². The fourth-order valence-corrected chi connectivity index (χ4v) is 1.51. The van der Waals surface area contributed by atoms with Gasteiger partial charge in [0.05, 0.1) is 19.8 Å². The van der Waals surface area contributed by atoms with Gasteiger partial charge < -0.3 is 19.5 Å². The van der Waals surface area contributed by atoms with Crippen molar-refractivity contribution in [2.75, 3.05) is 13.7 Å². The first-order valence-corrected chi connectivity index (χ1v) is 6.69. The molecule has 1 aromatic rings. The minimum Gasteiger partial charge on any atom is -0.467 e. The second kappa shape index (κ2) is 8.97. The Morgan fingerprint density at radius 3 is 2.43 bits per heavy atom. The Morgan fingerprint density at radius 1 is 1.19 bits per heavy atom. The van der Waals surface area contributed by atoms with Gasteiger partial charge in [0, 0.05) is 0 Å². The minimum atomic E-state index is -0.888. The molecule has 0 bridgehead atoms. The third-order valence-corrected chi connectivity index (χ3v) is 2.59. The Bertz CT molecular complexity index is 447. The fraction of sp³-hybridized carbons (Fsp3) is 0.467. The van der Waals surface area contributed by atoms with E-state index in [9.17, 15) is 9.59 Å². The molecule has 1 aromatic carbocycles. The number of alkyl carbamates (subject to hydrolysis) is 1. The number of hydrogen-bond acceptors (Lipinski definition) is 5. The standard InChI is InChI=1S/C15H21NO5/c1-11(2)20-10-13(14(17)19-3)16-15(18)21-9-12-7-5-4-6-8-12/h4-8,11,13H,9-10H2,1-3H3,(H,16,18)/t13-/m1/s1. The highest BCUT2D eigenvalue weighted by Gasteiger charge is 2.23. The Hall–Kier alpha value is -2.08. The molecule has 0 heterocycles. The molecule has 0 aliphatic rings. The van der Waals surface area contributed by atoms with Crippen LogP contribution in [0.4, 0.5) is 4.79 Å². The maximum absolute atomic E-state index is 11.7. The van der Waals surface area contributed by atoms with Crippen LogP contribution < -0.4 is 5.32 Å². The van der Waals surface area contributed by atoms with E-state index in [0.29, 0.717) is 0 Å². The van der Waals surface area contributed by atoms with Crippen molar-refractivity contribution in [1.29, 1.82) is 0 Å². The highest BCUT2D eigenvalue weighted by Crippen LogP contribution is 2.01. The normalized spacial score (nSPS) is 11.8. The quantitative estimate of drug-likeness (QED) is 0.777. The second-order valence-corrected chi connectivity index (χ2v) is 4.66. The van der Waals surface area contributed by atoms with Gasteiger partial charge in [-0.2, -0.15) is 0 Å². The van der Waals surface area contributed by atoms with E-state index in [4.69, 9.17) is 9.47 Å². The van der Waals surface area contributed by atoms with E-state index in [1.807, 2.05) is 44.2 Å². The highest BCUT2D eigenvalue weighted by molar-refractivity contribution is 5.81. The zero-order chi connectivity index (χ0) is 15.7. The number of benzene rings is 1. The molecular formula is C15H21NO5. The summed E-state index contributed by atoms with van der Waals surface area (Å²) in [4.78, 5) is 23.3. The molecule has 0 saturated carbocycles. The first-order chi connectivity index (χ1) is 10.0. The van der Waals surface area contributed by atoms with Gasteiger partial charge in [0.15, 0.2) is 6.04 Å². The molecule has 0 unspecified atom stereocenters. The Kier molecular flexibility index (Phi) is 7.25. The molecule has 0 aliphatic heterocycles. The van der Waals surface area contributed by atoms with Gasteiger partial charge in [-0.1, -0.05) is 30.3 Å². The lowest BCUT2D eigenvalue weighted by Gasteiger charge is -2.17. The summed E-state index contributed by atoms with van der Waals surface area (Å²) in [5, 5.41) is 2.43. The van der Waals surface area contributed by atoms with Gasteiger partial charge in [0.1, 0.15) is 6.61 Å². The van der Waals surface area contributed by atoms with Gasteiger partial charge in [-0.15, -0.1) is 0 Å². The number of nitrogens with one attached hydrogen (secondary N) is 1.